The quantitative estimate of drug-likeness (QED) is 0.539. The fraction of sp³-hybridized carbons (Fsp3) is 0.217. The smallest absolute Gasteiger partial charge is 0.105 e. The summed E-state index contributed by atoms with van der Waals surface area (Å²) >= 11 is 0. The molecule has 3 aromatic rings. The summed E-state index contributed by atoms with van der Waals surface area (Å²) in [4.78, 5) is 0. The number of hydrogen-bond donors (Lipinski definition) is 0. The van der Waals surface area contributed by atoms with Crippen molar-refractivity contribution in [1.29, 1.82) is 0 Å². The van der Waals surface area contributed by atoms with Gasteiger partial charge in [-0.05, 0) is 6.92 Å². The van der Waals surface area contributed by atoms with E-state index in [2.05, 4.69) is 97.9 Å². The minimum absolute atomic E-state index is 0. The first kappa shape index (κ1) is 19.4. The fourth-order valence-electron chi connectivity index (χ4n) is 3.42. The fourth-order valence-corrected chi connectivity index (χ4v) is 3.42. The van der Waals surface area contributed by atoms with Crippen LogP contribution in [0.4, 0.5) is 0 Å². The Labute approximate surface area is 162 Å². The molecule has 0 heterocycles. The Bertz CT molecular complexity index is 624. The molecule has 25 heavy (non-hydrogen) atoms. The topological polar surface area (TPSA) is 0 Å². The van der Waals surface area contributed by atoms with Crippen molar-refractivity contribution in [2.24, 2.45) is 0 Å². The molecule has 0 aliphatic carbocycles. The van der Waals surface area contributed by atoms with Crippen molar-refractivity contribution in [3.05, 3.63) is 108 Å². The van der Waals surface area contributed by atoms with Gasteiger partial charge in [0.05, 0.1) is 6.54 Å². The highest BCUT2D eigenvalue weighted by Crippen LogP contribution is 2.23. The lowest BCUT2D eigenvalue weighted by Gasteiger charge is -2.38. The lowest BCUT2D eigenvalue weighted by molar-refractivity contribution is -0.964. The molecule has 3 rings (SSSR count). The van der Waals surface area contributed by atoms with E-state index in [1.807, 2.05) is 0 Å². The Morgan fingerprint density at radius 3 is 1.04 bits per heavy atom. The highest BCUT2D eigenvalue weighted by atomic mass is 79.9. The molecule has 0 aliphatic rings. The lowest BCUT2D eigenvalue weighted by Crippen LogP contribution is -3.00. The summed E-state index contributed by atoms with van der Waals surface area (Å²) in [5.74, 6) is 0. The maximum absolute atomic E-state index is 2.31. The van der Waals surface area contributed by atoms with E-state index >= 15 is 0 Å². The summed E-state index contributed by atoms with van der Waals surface area (Å²) in [6.45, 7) is 6.59. The van der Waals surface area contributed by atoms with Crippen molar-refractivity contribution >= 4 is 0 Å². The van der Waals surface area contributed by atoms with E-state index in [1.54, 1.807) is 0 Å². The van der Waals surface area contributed by atoms with E-state index in [4.69, 9.17) is 0 Å². The van der Waals surface area contributed by atoms with Gasteiger partial charge in [-0.1, -0.05) is 91.0 Å². The van der Waals surface area contributed by atoms with E-state index in [-0.39, 0.29) is 17.0 Å². The monoisotopic (exact) mass is 395 g/mol. The average Bonchev–Trinajstić information content (AvgIpc) is 2.64. The number of quaternary nitrogens is 1. The van der Waals surface area contributed by atoms with Crippen LogP contribution in [0.3, 0.4) is 0 Å². The van der Waals surface area contributed by atoms with E-state index < -0.39 is 0 Å². The first-order valence-corrected chi connectivity index (χ1v) is 8.76. The second-order valence-electron chi connectivity index (χ2n) is 6.59. The predicted octanol–water partition coefficient (Wildman–Crippen LogP) is 2.43. The summed E-state index contributed by atoms with van der Waals surface area (Å²) < 4.78 is 1.04. The molecule has 0 N–H and O–H groups in total. The van der Waals surface area contributed by atoms with Gasteiger partial charge < -0.3 is 21.5 Å². The molecule has 0 aliphatic heterocycles. The molecular weight excluding hydrogens is 370 g/mol. The van der Waals surface area contributed by atoms with Crippen LogP contribution < -0.4 is 17.0 Å². The van der Waals surface area contributed by atoms with Gasteiger partial charge in [0.25, 0.3) is 0 Å². The minimum atomic E-state index is 0. The van der Waals surface area contributed by atoms with Crippen LogP contribution in [-0.2, 0) is 19.6 Å². The van der Waals surface area contributed by atoms with E-state index in [0.29, 0.717) is 0 Å². The standard InChI is InChI=1S/C23H26N.BrH/c1-2-24(18-21-12-6-3-7-13-21,19-22-14-8-4-9-15-22)20-23-16-10-5-11-17-23;/h3-17H,2,18-20H2,1H3;1H/q+1;/p-1. The Kier molecular flexibility index (Phi) is 7.42. The summed E-state index contributed by atoms with van der Waals surface area (Å²) in [5, 5.41) is 0. The number of nitrogens with zero attached hydrogens (tertiary/aromatic N) is 1. The van der Waals surface area contributed by atoms with Gasteiger partial charge >= 0.3 is 0 Å². The molecule has 1 nitrogen and oxygen atoms in total. The molecule has 3 aromatic carbocycles. The average molecular weight is 396 g/mol. The number of rotatable bonds is 7. The maximum atomic E-state index is 2.31. The van der Waals surface area contributed by atoms with Crippen molar-refractivity contribution in [2.45, 2.75) is 26.6 Å². The highest BCUT2D eigenvalue weighted by Gasteiger charge is 2.26. The van der Waals surface area contributed by atoms with Gasteiger partial charge in [0.2, 0.25) is 0 Å². The number of hydrogen-bond acceptors (Lipinski definition) is 0. The summed E-state index contributed by atoms with van der Waals surface area (Å²) in [6, 6.07) is 32.6. The van der Waals surface area contributed by atoms with Crippen molar-refractivity contribution < 1.29 is 21.5 Å². The molecule has 0 aromatic heterocycles. The maximum Gasteiger partial charge on any atom is 0.105 e. The number of benzene rings is 3. The zero-order valence-electron chi connectivity index (χ0n) is 14.8. The molecule has 130 valence electrons. The third kappa shape index (κ3) is 5.55. The molecule has 0 fully saturated rings. The second kappa shape index (κ2) is 9.55. The molecule has 0 unspecified atom stereocenters. The molecule has 0 saturated heterocycles. The third-order valence-electron chi connectivity index (χ3n) is 4.75. The zero-order chi connectivity index (χ0) is 16.7. The van der Waals surface area contributed by atoms with Crippen LogP contribution in [0.2, 0.25) is 0 Å². The van der Waals surface area contributed by atoms with Crippen LogP contribution in [-0.4, -0.2) is 11.0 Å². The Hall–Kier alpha value is -1.90. The van der Waals surface area contributed by atoms with Gasteiger partial charge in [-0.3, -0.25) is 0 Å². The molecular formula is C23H26BrN. The molecule has 0 atom stereocenters. The molecule has 0 amide bonds. The van der Waals surface area contributed by atoms with Gasteiger partial charge in [0, 0.05) is 16.7 Å². The first-order valence-electron chi connectivity index (χ1n) is 8.76. The second-order valence-corrected chi connectivity index (χ2v) is 6.59. The Morgan fingerprint density at radius 1 is 0.520 bits per heavy atom. The van der Waals surface area contributed by atoms with Crippen LogP contribution >= 0.6 is 0 Å². The summed E-state index contributed by atoms with van der Waals surface area (Å²) in [6.07, 6.45) is 0. The third-order valence-corrected chi connectivity index (χ3v) is 4.75. The molecule has 0 spiro atoms. The highest BCUT2D eigenvalue weighted by molar-refractivity contribution is 5.17. The van der Waals surface area contributed by atoms with Crippen molar-refractivity contribution in [2.75, 3.05) is 6.54 Å². The molecule has 0 bridgehead atoms. The van der Waals surface area contributed by atoms with E-state index in [9.17, 15) is 0 Å². The van der Waals surface area contributed by atoms with Crippen LogP contribution in [0.15, 0.2) is 91.0 Å². The first-order chi connectivity index (χ1) is 11.8. The predicted molar refractivity (Wildman–Crippen MR) is 101 cm³/mol. The van der Waals surface area contributed by atoms with Crippen LogP contribution in [0, 0.1) is 0 Å². The van der Waals surface area contributed by atoms with Gasteiger partial charge in [0.1, 0.15) is 19.6 Å². The van der Waals surface area contributed by atoms with Crippen molar-refractivity contribution in [3.63, 3.8) is 0 Å². The van der Waals surface area contributed by atoms with Crippen molar-refractivity contribution in [1.82, 2.24) is 0 Å². The van der Waals surface area contributed by atoms with Gasteiger partial charge in [-0.2, -0.15) is 0 Å². The van der Waals surface area contributed by atoms with E-state index in [1.165, 1.54) is 16.7 Å². The van der Waals surface area contributed by atoms with Crippen LogP contribution in [0.1, 0.15) is 23.6 Å². The molecule has 0 saturated carbocycles. The van der Waals surface area contributed by atoms with Gasteiger partial charge in [0.15, 0.2) is 0 Å². The van der Waals surface area contributed by atoms with Crippen molar-refractivity contribution in [3.8, 4) is 0 Å². The molecule has 0 radical (unpaired) electrons. The summed E-state index contributed by atoms with van der Waals surface area (Å²) in [7, 11) is 0. The normalized spacial score (nSPS) is 10.9. The van der Waals surface area contributed by atoms with Crippen LogP contribution in [0.25, 0.3) is 0 Å². The Balaban J connectivity index is 0.00000225. The van der Waals surface area contributed by atoms with Crippen LogP contribution in [0.5, 0.6) is 0 Å². The summed E-state index contributed by atoms with van der Waals surface area (Å²) in [5.41, 5.74) is 4.23. The van der Waals surface area contributed by atoms with E-state index in [0.717, 1.165) is 30.7 Å². The molecule has 2 heteroatoms. The van der Waals surface area contributed by atoms with Gasteiger partial charge in [-0.15, -0.1) is 0 Å². The Morgan fingerprint density at radius 2 is 0.800 bits per heavy atom. The SMILES string of the molecule is CC[N+](Cc1ccccc1)(Cc1ccccc1)Cc1ccccc1.[Br-]. The lowest BCUT2D eigenvalue weighted by atomic mass is 10.1. The van der Waals surface area contributed by atoms with Gasteiger partial charge in [-0.25, -0.2) is 0 Å². The largest absolute Gasteiger partial charge is 1.00 e. The minimum Gasteiger partial charge on any atom is -1.00 e. The number of halogens is 1. The zero-order valence-corrected chi connectivity index (χ0v) is 16.4.